The lowest BCUT2D eigenvalue weighted by Crippen LogP contribution is -2.19. The third-order valence-electron chi connectivity index (χ3n) is 3.57. The number of rotatable bonds is 3. The second-order valence-corrected chi connectivity index (χ2v) is 4.94. The van der Waals surface area contributed by atoms with Crippen LogP contribution in [0.2, 0.25) is 0 Å². The molecule has 2 N–H and O–H groups in total. The summed E-state index contributed by atoms with van der Waals surface area (Å²) in [4.78, 5) is 2.21. The maximum atomic E-state index is 6.30. The minimum atomic E-state index is 0.605. The minimum absolute atomic E-state index is 0.605. The molecule has 0 bridgehead atoms. The molecule has 21 heavy (non-hydrogen) atoms. The molecule has 3 rings (SSSR count). The molecule has 4 nitrogen and oxygen atoms in total. The van der Waals surface area contributed by atoms with E-state index in [1.165, 1.54) is 0 Å². The average molecular weight is 284 g/mol. The van der Waals surface area contributed by atoms with E-state index >= 15 is 0 Å². The smallest absolute Gasteiger partial charge is 0.144 e. The summed E-state index contributed by atoms with van der Waals surface area (Å²) in [6.07, 6.45) is 0.951. The third kappa shape index (κ3) is 2.61. The van der Waals surface area contributed by atoms with E-state index < -0.39 is 0 Å². The van der Waals surface area contributed by atoms with Crippen molar-refractivity contribution in [1.82, 2.24) is 0 Å². The first-order valence-corrected chi connectivity index (χ1v) is 7.32. The van der Waals surface area contributed by atoms with Crippen molar-refractivity contribution in [3.8, 4) is 11.5 Å². The van der Waals surface area contributed by atoms with Gasteiger partial charge in [-0.1, -0.05) is 18.2 Å². The molecule has 2 aromatic rings. The van der Waals surface area contributed by atoms with Crippen LogP contribution in [0.15, 0.2) is 42.5 Å². The highest BCUT2D eigenvalue weighted by molar-refractivity contribution is 5.81. The molecule has 4 heteroatoms. The molecule has 1 aliphatic heterocycles. The number of fused-ring (bicyclic) bond motifs is 1. The van der Waals surface area contributed by atoms with Crippen molar-refractivity contribution < 1.29 is 9.47 Å². The van der Waals surface area contributed by atoms with E-state index in [0.717, 1.165) is 42.4 Å². The molecule has 2 aromatic carbocycles. The number of para-hydroxylation sites is 3. The van der Waals surface area contributed by atoms with Crippen LogP contribution in [0.5, 0.6) is 11.5 Å². The van der Waals surface area contributed by atoms with Crippen molar-refractivity contribution in [3.05, 3.63) is 42.5 Å². The van der Waals surface area contributed by atoms with Crippen LogP contribution in [0.1, 0.15) is 13.3 Å². The molecular formula is C17H20N2O2. The second kappa shape index (κ2) is 5.95. The highest BCUT2D eigenvalue weighted by Gasteiger charge is 2.20. The van der Waals surface area contributed by atoms with Gasteiger partial charge in [0, 0.05) is 6.54 Å². The Morgan fingerprint density at radius 1 is 1.14 bits per heavy atom. The number of hydrogen-bond donors (Lipinski definition) is 1. The third-order valence-corrected chi connectivity index (χ3v) is 3.57. The first-order valence-electron chi connectivity index (χ1n) is 7.32. The molecule has 0 fully saturated rings. The summed E-state index contributed by atoms with van der Waals surface area (Å²) in [5, 5.41) is 0. The Morgan fingerprint density at radius 2 is 1.95 bits per heavy atom. The molecule has 0 aliphatic carbocycles. The zero-order valence-electron chi connectivity index (χ0n) is 12.2. The summed E-state index contributed by atoms with van der Waals surface area (Å²) in [6, 6.07) is 14.0. The number of ether oxygens (including phenoxy) is 2. The van der Waals surface area contributed by atoms with E-state index in [0.29, 0.717) is 12.3 Å². The van der Waals surface area contributed by atoms with Crippen LogP contribution in [0.4, 0.5) is 17.1 Å². The maximum Gasteiger partial charge on any atom is 0.144 e. The largest absolute Gasteiger partial charge is 0.492 e. The van der Waals surface area contributed by atoms with Crippen molar-refractivity contribution in [2.45, 2.75) is 13.3 Å². The highest BCUT2D eigenvalue weighted by atomic mass is 16.5. The molecule has 1 aliphatic rings. The van der Waals surface area contributed by atoms with E-state index in [1.54, 1.807) is 0 Å². The van der Waals surface area contributed by atoms with Gasteiger partial charge in [0.05, 0.1) is 30.3 Å². The predicted octanol–water partition coefficient (Wildman–Crippen LogP) is 3.59. The summed E-state index contributed by atoms with van der Waals surface area (Å²) in [5.41, 5.74) is 9.00. The lowest BCUT2D eigenvalue weighted by atomic mass is 10.2. The first-order chi connectivity index (χ1) is 10.3. The molecule has 0 unspecified atom stereocenters. The molecule has 0 saturated carbocycles. The van der Waals surface area contributed by atoms with E-state index in [2.05, 4.69) is 11.0 Å². The van der Waals surface area contributed by atoms with Crippen LogP contribution in [0, 0.1) is 0 Å². The SMILES string of the molecule is CCOc1cccc(N2CCCOc3ccccc32)c1N. The Kier molecular flexibility index (Phi) is 3.86. The van der Waals surface area contributed by atoms with Gasteiger partial charge in [-0.25, -0.2) is 0 Å². The van der Waals surface area contributed by atoms with Gasteiger partial charge in [-0.3, -0.25) is 0 Å². The minimum Gasteiger partial charge on any atom is -0.492 e. The van der Waals surface area contributed by atoms with Crippen molar-refractivity contribution in [1.29, 1.82) is 0 Å². The Balaban J connectivity index is 2.06. The Morgan fingerprint density at radius 3 is 2.81 bits per heavy atom. The summed E-state index contributed by atoms with van der Waals surface area (Å²) in [6.45, 7) is 4.16. The molecule has 0 aromatic heterocycles. The van der Waals surface area contributed by atoms with Gasteiger partial charge in [0.2, 0.25) is 0 Å². The van der Waals surface area contributed by atoms with E-state index in [1.807, 2.05) is 43.3 Å². The molecule has 0 spiro atoms. The van der Waals surface area contributed by atoms with Crippen LogP contribution in [0.3, 0.4) is 0 Å². The van der Waals surface area contributed by atoms with Gasteiger partial charge in [0.15, 0.2) is 0 Å². The van der Waals surface area contributed by atoms with Gasteiger partial charge in [-0.05, 0) is 37.6 Å². The van der Waals surface area contributed by atoms with Gasteiger partial charge < -0.3 is 20.1 Å². The van der Waals surface area contributed by atoms with Crippen LogP contribution < -0.4 is 20.1 Å². The van der Waals surface area contributed by atoms with Crippen molar-refractivity contribution in [2.24, 2.45) is 0 Å². The molecule has 110 valence electrons. The number of nitrogens with two attached hydrogens (primary N) is 1. The fraction of sp³-hybridized carbons (Fsp3) is 0.294. The van der Waals surface area contributed by atoms with Gasteiger partial charge in [-0.2, -0.15) is 0 Å². The van der Waals surface area contributed by atoms with Crippen molar-refractivity contribution in [3.63, 3.8) is 0 Å². The van der Waals surface area contributed by atoms with Gasteiger partial charge in [0.25, 0.3) is 0 Å². The van der Waals surface area contributed by atoms with Gasteiger partial charge >= 0.3 is 0 Å². The van der Waals surface area contributed by atoms with Crippen LogP contribution in [0.25, 0.3) is 0 Å². The molecule has 0 atom stereocenters. The number of nitrogens with zero attached hydrogens (tertiary/aromatic N) is 1. The molecule has 0 saturated heterocycles. The first kappa shape index (κ1) is 13.6. The van der Waals surface area contributed by atoms with Crippen LogP contribution in [-0.4, -0.2) is 19.8 Å². The number of nitrogen functional groups attached to an aromatic ring is 1. The van der Waals surface area contributed by atoms with E-state index in [-0.39, 0.29) is 0 Å². The average Bonchev–Trinajstić information content (AvgIpc) is 2.72. The van der Waals surface area contributed by atoms with Crippen LogP contribution in [-0.2, 0) is 0 Å². The van der Waals surface area contributed by atoms with Crippen LogP contribution >= 0.6 is 0 Å². The van der Waals surface area contributed by atoms with Crippen molar-refractivity contribution >= 4 is 17.1 Å². The zero-order valence-corrected chi connectivity index (χ0v) is 12.2. The van der Waals surface area contributed by atoms with E-state index in [4.69, 9.17) is 15.2 Å². The second-order valence-electron chi connectivity index (χ2n) is 4.94. The summed E-state index contributed by atoms with van der Waals surface area (Å²) in [7, 11) is 0. The Hall–Kier alpha value is -2.36. The monoisotopic (exact) mass is 284 g/mol. The maximum absolute atomic E-state index is 6.30. The highest BCUT2D eigenvalue weighted by Crippen LogP contribution is 2.40. The summed E-state index contributed by atoms with van der Waals surface area (Å²) >= 11 is 0. The summed E-state index contributed by atoms with van der Waals surface area (Å²) in [5.74, 6) is 1.63. The van der Waals surface area contributed by atoms with Crippen molar-refractivity contribution in [2.75, 3.05) is 30.4 Å². The molecule has 0 radical (unpaired) electrons. The molecule has 1 heterocycles. The lowest BCUT2D eigenvalue weighted by Gasteiger charge is -2.26. The lowest BCUT2D eigenvalue weighted by molar-refractivity contribution is 0.322. The molecular weight excluding hydrogens is 264 g/mol. The number of hydrogen-bond acceptors (Lipinski definition) is 4. The zero-order chi connectivity index (χ0) is 14.7. The normalized spacial score (nSPS) is 14.0. The van der Waals surface area contributed by atoms with Gasteiger partial charge in [-0.15, -0.1) is 0 Å². The predicted molar refractivity (Wildman–Crippen MR) is 85.6 cm³/mol. The standard InChI is InChI=1S/C17H20N2O2/c1-2-20-16-10-5-8-14(17(16)18)19-11-6-12-21-15-9-4-3-7-13(15)19/h3-5,7-10H,2,6,11-12,18H2,1H3. The number of benzene rings is 2. The fourth-order valence-electron chi connectivity index (χ4n) is 2.63. The quantitative estimate of drug-likeness (QED) is 0.875. The van der Waals surface area contributed by atoms with Gasteiger partial charge in [0.1, 0.15) is 11.5 Å². The Labute approximate surface area is 125 Å². The van der Waals surface area contributed by atoms with E-state index in [9.17, 15) is 0 Å². The topological polar surface area (TPSA) is 47.7 Å². The molecule has 0 amide bonds. The summed E-state index contributed by atoms with van der Waals surface area (Å²) < 4.78 is 11.4. The number of anilines is 3. The Bertz CT molecular complexity index is 628. The fourth-order valence-corrected chi connectivity index (χ4v) is 2.63.